The topological polar surface area (TPSA) is 34.9 Å². The maximum Gasteiger partial charge on any atom is 0.153 e. The van der Waals surface area contributed by atoms with Crippen LogP contribution in [0.25, 0.3) is 11.3 Å². The van der Waals surface area contributed by atoms with Gasteiger partial charge in [0.05, 0.1) is 11.3 Å². The Kier molecular flexibility index (Phi) is 2.33. The zero-order chi connectivity index (χ0) is 10.8. The van der Waals surface area contributed by atoms with Crippen LogP contribution in [0.5, 0.6) is 0 Å². The molecule has 1 aromatic carbocycles. The van der Waals surface area contributed by atoms with Gasteiger partial charge in [0.15, 0.2) is 6.29 Å². The lowest BCUT2D eigenvalue weighted by atomic mass is 10.1. The summed E-state index contributed by atoms with van der Waals surface area (Å²) in [4.78, 5) is 10.6. The van der Waals surface area contributed by atoms with E-state index in [-0.39, 0.29) is 5.56 Å². The van der Waals surface area contributed by atoms with Crippen molar-refractivity contribution in [3.05, 3.63) is 41.8 Å². The first-order valence-corrected chi connectivity index (χ1v) is 4.45. The Bertz CT molecular complexity index is 505. The molecule has 0 aliphatic carbocycles. The van der Waals surface area contributed by atoms with Gasteiger partial charge in [0.2, 0.25) is 0 Å². The van der Waals surface area contributed by atoms with Gasteiger partial charge in [-0.25, -0.2) is 4.39 Å². The van der Waals surface area contributed by atoms with Crippen molar-refractivity contribution in [3.63, 3.8) is 0 Å². The van der Waals surface area contributed by atoms with Crippen molar-refractivity contribution in [2.24, 2.45) is 7.05 Å². The van der Waals surface area contributed by atoms with Gasteiger partial charge in [-0.2, -0.15) is 5.10 Å². The highest BCUT2D eigenvalue weighted by atomic mass is 19.1. The molecule has 0 aliphatic rings. The van der Waals surface area contributed by atoms with E-state index in [1.54, 1.807) is 24.0 Å². The predicted octanol–water partition coefficient (Wildman–Crippen LogP) is 2.04. The Hall–Kier alpha value is -1.97. The second-order valence-corrected chi connectivity index (χ2v) is 3.23. The van der Waals surface area contributed by atoms with Crippen molar-refractivity contribution < 1.29 is 9.18 Å². The van der Waals surface area contributed by atoms with Crippen LogP contribution < -0.4 is 0 Å². The van der Waals surface area contributed by atoms with Crippen LogP contribution in [0.1, 0.15) is 10.4 Å². The van der Waals surface area contributed by atoms with Crippen molar-refractivity contribution in [3.8, 4) is 11.3 Å². The lowest BCUT2D eigenvalue weighted by Crippen LogP contribution is -1.91. The monoisotopic (exact) mass is 204 g/mol. The lowest BCUT2D eigenvalue weighted by Gasteiger charge is -1.99. The minimum atomic E-state index is -0.510. The molecule has 3 nitrogen and oxygen atoms in total. The Labute approximate surface area is 86.2 Å². The fraction of sp³-hybridized carbons (Fsp3) is 0.0909. The maximum atomic E-state index is 13.0. The normalized spacial score (nSPS) is 10.3. The van der Waals surface area contributed by atoms with E-state index < -0.39 is 5.82 Å². The molecule has 2 rings (SSSR count). The van der Waals surface area contributed by atoms with Gasteiger partial charge in [0.1, 0.15) is 5.82 Å². The summed E-state index contributed by atoms with van der Waals surface area (Å²) in [5.41, 5.74) is 1.51. The van der Waals surface area contributed by atoms with Crippen LogP contribution in [0.3, 0.4) is 0 Å². The Morgan fingerprint density at radius 2 is 2.20 bits per heavy atom. The minimum Gasteiger partial charge on any atom is -0.298 e. The molecule has 4 heteroatoms. The summed E-state index contributed by atoms with van der Waals surface area (Å²) in [7, 11) is 1.80. The Balaban J connectivity index is 2.50. The summed E-state index contributed by atoms with van der Waals surface area (Å²) >= 11 is 0. The molecular formula is C11H9FN2O. The molecule has 0 amide bonds. The number of carbonyl (C=O) groups is 1. The van der Waals surface area contributed by atoms with Gasteiger partial charge in [-0.1, -0.05) is 0 Å². The number of nitrogens with zero attached hydrogens (tertiary/aromatic N) is 2. The predicted molar refractivity (Wildman–Crippen MR) is 54.0 cm³/mol. The summed E-state index contributed by atoms with van der Waals surface area (Å²) in [6, 6.07) is 6.17. The lowest BCUT2D eigenvalue weighted by molar-refractivity contribution is 0.112. The zero-order valence-electron chi connectivity index (χ0n) is 8.14. The molecule has 0 fully saturated rings. The molecule has 0 saturated heterocycles. The summed E-state index contributed by atoms with van der Waals surface area (Å²) in [5, 5.41) is 4.16. The molecule has 15 heavy (non-hydrogen) atoms. The average molecular weight is 204 g/mol. The first-order valence-electron chi connectivity index (χ1n) is 4.45. The molecular weight excluding hydrogens is 195 g/mol. The largest absolute Gasteiger partial charge is 0.298 e. The highest BCUT2D eigenvalue weighted by Gasteiger charge is 2.05. The summed E-state index contributed by atoms with van der Waals surface area (Å²) in [6.45, 7) is 0. The molecule has 0 N–H and O–H groups in total. The molecule has 0 radical (unpaired) electrons. The highest BCUT2D eigenvalue weighted by Crippen LogP contribution is 2.19. The van der Waals surface area contributed by atoms with Gasteiger partial charge < -0.3 is 0 Å². The number of carbonyl (C=O) groups excluding carboxylic acids is 1. The van der Waals surface area contributed by atoms with Crippen LogP contribution in [0, 0.1) is 5.82 Å². The van der Waals surface area contributed by atoms with Gasteiger partial charge >= 0.3 is 0 Å². The number of hydrogen-bond acceptors (Lipinski definition) is 2. The van der Waals surface area contributed by atoms with E-state index in [1.165, 1.54) is 12.1 Å². The van der Waals surface area contributed by atoms with Crippen LogP contribution in [-0.4, -0.2) is 16.1 Å². The molecule has 1 heterocycles. The first-order chi connectivity index (χ1) is 7.20. The summed E-state index contributed by atoms with van der Waals surface area (Å²) < 4.78 is 14.7. The average Bonchev–Trinajstić information content (AvgIpc) is 2.66. The number of halogens is 1. The van der Waals surface area contributed by atoms with Crippen LogP contribution in [-0.2, 0) is 7.05 Å². The number of aryl methyl sites for hydroxylation is 1. The zero-order valence-corrected chi connectivity index (χ0v) is 8.14. The van der Waals surface area contributed by atoms with Crippen molar-refractivity contribution in [1.29, 1.82) is 0 Å². The van der Waals surface area contributed by atoms with E-state index in [1.807, 2.05) is 6.07 Å². The Morgan fingerprint density at radius 3 is 2.80 bits per heavy atom. The SMILES string of the molecule is Cn1ccc(-c2ccc(F)c(C=O)c2)n1. The molecule has 0 bridgehead atoms. The van der Waals surface area contributed by atoms with Crippen molar-refractivity contribution >= 4 is 6.29 Å². The van der Waals surface area contributed by atoms with Crippen LogP contribution in [0.15, 0.2) is 30.5 Å². The van der Waals surface area contributed by atoms with Gasteiger partial charge in [-0.3, -0.25) is 9.48 Å². The highest BCUT2D eigenvalue weighted by molar-refractivity contribution is 5.78. The van der Waals surface area contributed by atoms with E-state index in [4.69, 9.17) is 0 Å². The Morgan fingerprint density at radius 1 is 1.40 bits per heavy atom. The number of rotatable bonds is 2. The van der Waals surface area contributed by atoms with Crippen molar-refractivity contribution in [1.82, 2.24) is 9.78 Å². The quantitative estimate of drug-likeness (QED) is 0.701. The number of benzene rings is 1. The molecule has 0 saturated carbocycles. The third-order valence-electron chi connectivity index (χ3n) is 2.13. The van der Waals surface area contributed by atoms with E-state index in [0.717, 1.165) is 11.3 Å². The molecule has 0 unspecified atom stereocenters. The van der Waals surface area contributed by atoms with Crippen LogP contribution in [0.2, 0.25) is 0 Å². The molecule has 0 atom stereocenters. The van der Waals surface area contributed by atoms with Gasteiger partial charge in [0.25, 0.3) is 0 Å². The fourth-order valence-electron chi connectivity index (χ4n) is 1.36. The number of aromatic nitrogens is 2. The minimum absolute atomic E-state index is 0.0538. The van der Waals surface area contributed by atoms with E-state index in [0.29, 0.717) is 6.29 Å². The fourth-order valence-corrected chi connectivity index (χ4v) is 1.36. The van der Waals surface area contributed by atoms with Crippen LogP contribution in [0.4, 0.5) is 4.39 Å². The molecule has 2 aromatic rings. The summed E-state index contributed by atoms with van der Waals surface area (Å²) in [5.74, 6) is -0.510. The van der Waals surface area contributed by atoms with Crippen molar-refractivity contribution in [2.75, 3.05) is 0 Å². The molecule has 1 aromatic heterocycles. The first kappa shape index (κ1) is 9.58. The van der Waals surface area contributed by atoms with E-state index >= 15 is 0 Å². The second-order valence-electron chi connectivity index (χ2n) is 3.23. The maximum absolute atomic E-state index is 13.0. The van der Waals surface area contributed by atoms with Gasteiger partial charge in [-0.05, 0) is 24.3 Å². The second kappa shape index (κ2) is 3.65. The number of aldehydes is 1. The summed E-state index contributed by atoms with van der Waals surface area (Å²) in [6.07, 6.45) is 2.29. The van der Waals surface area contributed by atoms with Gasteiger partial charge in [-0.15, -0.1) is 0 Å². The van der Waals surface area contributed by atoms with E-state index in [9.17, 15) is 9.18 Å². The molecule has 0 spiro atoms. The van der Waals surface area contributed by atoms with Gasteiger partial charge in [0, 0.05) is 18.8 Å². The molecule has 0 aliphatic heterocycles. The van der Waals surface area contributed by atoms with Crippen LogP contribution >= 0.6 is 0 Å². The third kappa shape index (κ3) is 1.79. The molecule has 76 valence electrons. The smallest absolute Gasteiger partial charge is 0.153 e. The van der Waals surface area contributed by atoms with E-state index in [2.05, 4.69) is 5.10 Å². The third-order valence-corrected chi connectivity index (χ3v) is 2.13. The van der Waals surface area contributed by atoms with Crippen molar-refractivity contribution in [2.45, 2.75) is 0 Å². The number of hydrogen-bond donors (Lipinski definition) is 0. The standard InChI is InChI=1S/C11H9FN2O/c1-14-5-4-11(13-14)8-2-3-10(12)9(6-8)7-15/h2-7H,1H3.